The molecule has 1 saturated heterocycles. The zero-order valence-corrected chi connectivity index (χ0v) is 13.3. The van der Waals surface area contributed by atoms with E-state index in [0.717, 1.165) is 5.56 Å². The molecule has 1 heterocycles. The summed E-state index contributed by atoms with van der Waals surface area (Å²) in [6, 6.07) is 16.8. The molecule has 3 rings (SSSR count). The maximum absolute atomic E-state index is 12.3. The van der Waals surface area contributed by atoms with Crippen molar-refractivity contribution in [3.63, 3.8) is 0 Å². The minimum absolute atomic E-state index is 0.0140. The maximum atomic E-state index is 12.3. The van der Waals surface area contributed by atoms with Crippen molar-refractivity contribution < 1.29 is 9.59 Å². The van der Waals surface area contributed by atoms with Crippen molar-refractivity contribution in [2.45, 2.75) is 13.0 Å². The van der Waals surface area contributed by atoms with Crippen LogP contribution in [-0.2, 0) is 16.1 Å². The van der Waals surface area contributed by atoms with E-state index < -0.39 is 0 Å². The third kappa shape index (κ3) is 3.90. The molecular weight excluding hydrogens is 312 g/mol. The molecule has 118 valence electrons. The Bertz CT molecular complexity index is 718. The molecule has 0 spiro atoms. The fraction of sp³-hybridized carbons (Fsp3) is 0.222. The van der Waals surface area contributed by atoms with E-state index >= 15 is 0 Å². The van der Waals surface area contributed by atoms with Gasteiger partial charge >= 0.3 is 0 Å². The Hall–Kier alpha value is -2.33. The fourth-order valence-electron chi connectivity index (χ4n) is 2.71. The zero-order chi connectivity index (χ0) is 16.2. The molecular formula is C18H17ClN2O2. The summed E-state index contributed by atoms with van der Waals surface area (Å²) in [6.45, 7) is 0.987. The molecule has 1 N–H and O–H groups in total. The number of nitrogens with one attached hydrogen (secondary N) is 1. The molecule has 0 saturated carbocycles. The van der Waals surface area contributed by atoms with Crippen molar-refractivity contribution in [2.75, 3.05) is 11.9 Å². The van der Waals surface area contributed by atoms with Crippen LogP contribution in [-0.4, -0.2) is 23.3 Å². The van der Waals surface area contributed by atoms with Crippen LogP contribution < -0.4 is 5.32 Å². The first-order valence-electron chi connectivity index (χ1n) is 7.50. The summed E-state index contributed by atoms with van der Waals surface area (Å²) < 4.78 is 0. The lowest BCUT2D eigenvalue weighted by Crippen LogP contribution is -2.28. The van der Waals surface area contributed by atoms with Crippen LogP contribution in [0.2, 0.25) is 5.02 Å². The van der Waals surface area contributed by atoms with E-state index in [4.69, 9.17) is 11.6 Å². The van der Waals surface area contributed by atoms with Crippen LogP contribution in [0.1, 0.15) is 12.0 Å². The van der Waals surface area contributed by atoms with Crippen LogP contribution >= 0.6 is 11.6 Å². The van der Waals surface area contributed by atoms with Gasteiger partial charge in [0.15, 0.2) is 0 Å². The fourth-order valence-corrected chi connectivity index (χ4v) is 2.91. The van der Waals surface area contributed by atoms with E-state index in [1.807, 2.05) is 30.3 Å². The van der Waals surface area contributed by atoms with E-state index in [9.17, 15) is 9.59 Å². The number of rotatable bonds is 4. The van der Waals surface area contributed by atoms with Crippen molar-refractivity contribution in [3.05, 3.63) is 65.2 Å². The highest BCUT2D eigenvalue weighted by atomic mass is 35.5. The Labute approximate surface area is 140 Å². The largest absolute Gasteiger partial charge is 0.338 e. The van der Waals surface area contributed by atoms with Crippen LogP contribution in [0.4, 0.5) is 5.69 Å². The first-order valence-corrected chi connectivity index (χ1v) is 7.88. The van der Waals surface area contributed by atoms with Gasteiger partial charge in [-0.3, -0.25) is 9.59 Å². The average Bonchev–Trinajstić information content (AvgIpc) is 2.89. The van der Waals surface area contributed by atoms with Gasteiger partial charge in [-0.15, -0.1) is 0 Å². The van der Waals surface area contributed by atoms with Crippen molar-refractivity contribution in [1.29, 1.82) is 0 Å². The van der Waals surface area contributed by atoms with E-state index in [0.29, 0.717) is 23.8 Å². The van der Waals surface area contributed by atoms with E-state index in [2.05, 4.69) is 5.32 Å². The number of nitrogens with zero attached hydrogens (tertiary/aromatic N) is 1. The Morgan fingerprint density at radius 2 is 1.96 bits per heavy atom. The number of anilines is 1. The Morgan fingerprint density at radius 1 is 1.17 bits per heavy atom. The van der Waals surface area contributed by atoms with Crippen LogP contribution in [0.15, 0.2) is 54.6 Å². The quantitative estimate of drug-likeness (QED) is 0.936. The molecule has 4 nitrogen and oxygen atoms in total. The van der Waals surface area contributed by atoms with Gasteiger partial charge in [-0.25, -0.2) is 0 Å². The van der Waals surface area contributed by atoms with Crippen LogP contribution in [0, 0.1) is 5.92 Å². The van der Waals surface area contributed by atoms with Gasteiger partial charge in [-0.1, -0.05) is 48.0 Å². The lowest BCUT2D eigenvalue weighted by Gasteiger charge is -2.16. The molecule has 0 aliphatic carbocycles. The predicted octanol–water partition coefficient (Wildman–Crippen LogP) is 3.33. The van der Waals surface area contributed by atoms with Gasteiger partial charge < -0.3 is 10.2 Å². The highest BCUT2D eigenvalue weighted by molar-refractivity contribution is 6.30. The van der Waals surface area contributed by atoms with Crippen LogP contribution in [0.5, 0.6) is 0 Å². The van der Waals surface area contributed by atoms with Gasteiger partial charge in [0.1, 0.15) is 0 Å². The van der Waals surface area contributed by atoms with Gasteiger partial charge in [-0.2, -0.15) is 0 Å². The molecule has 2 aromatic rings. The standard InChI is InChI=1S/C18H17ClN2O2/c19-15-7-4-8-16(10-15)20-18(23)14-9-17(22)21(12-14)11-13-5-2-1-3-6-13/h1-8,10,14H,9,11-12H2,(H,20,23)/t14-/m1/s1. The van der Waals surface area contributed by atoms with Gasteiger partial charge in [0, 0.05) is 30.2 Å². The Balaban J connectivity index is 1.61. The monoisotopic (exact) mass is 328 g/mol. The second-order valence-electron chi connectivity index (χ2n) is 5.66. The molecule has 0 unspecified atom stereocenters. The summed E-state index contributed by atoms with van der Waals surface area (Å²) in [5.74, 6) is -0.457. The molecule has 1 aliphatic heterocycles. The molecule has 0 radical (unpaired) electrons. The van der Waals surface area contributed by atoms with Crippen LogP contribution in [0.25, 0.3) is 0 Å². The molecule has 0 aromatic heterocycles. The highest BCUT2D eigenvalue weighted by Gasteiger charge is 2.34. The topological polar surface area (TPSA) is 49.4 Å². The highest BCUT2D eigenvalue weighted by Crippen LogP contribution is 2.22. The van der Waals surface area contributed by atoms with E-state index in [1.165, 1.54) is 0 Å². The number of benzene rings is 2. The third-order valence-electron chi connectivity index (χ3n) is 3.89. The number of halogens is 1. The number of hydrogen-bond donors (Lipinski definition) is 1. The average molecular weight is 329 g/mol. The molecule has 2 aromatic carbocycles. The lowest BCUT2D eigenvalue weighted by molar-refractivity contribution is -0.128. The normalized spacial score (nSPS) is 17.3. The predicted molar refractivity (Wildman–Crippen MR) is 90.0 cm³/mol. The second-order valence-corrected chi connectivity index (χ2v) is 6.10. The molecule has 1 atom stereocenters. The molecule has 0 bridgehead atoms. The second kappa shape index (κ2) is 6.84. The first-order chi connectivity index (χ1) is 11.1. The number of carbonyl (C=O) groups is 2. The molecule has 2 amide bonds. The Morgan fingerprint density at radius 3 is 2.70 bits per heavy atom. The number of amides is 2. The van der Waals surface area contributed by atoms with E-state index in [-0.39, 0.29) is 24.2 Å². The van der Waals surface area contributed by atoms with Crippen molar-refractivity contribution in [1.82, 2.24) is 4.90 Å². The van der Waals surface area contributed by atoms with Gasteiger partial charge in [0.05, 0.1) is 5.92 Å². The third-order valence-corrected chi connectivity index (χ3v) is 4.13. The van der Waals surface area contributed by atoms with Gasteiger partial charge in [-0.05, 0) is 23.8 Å². The summed E-state index contributed by atoms with van der Waals surface area (Å²) in [7, 11) is 0. The molecule has 23 heavy (non-hydrogen) atoms. The first kappa shape index (κ1) is 15.6. The zero-order valence-electron chi connectivity index (χ0n) is 12.5. The summed E-state index contributed by atoms with van der Waals surface area (Å²) in [5.41, 5.74) is 1.72. The minimum atomic E-state index is -0.329. The van der Waals surface area contributed by atoms with Crippen molar-refractivity contribution >= 4 is 29.1 Å². The number of carbonyl (C=O) groups excluding carboxylic acids is 2. The lowest BCUT2D eigenvalue weighted by atomic mass is 10.1. The number of hydrogen-bond acceptors (Lipinski definition) is 2. The summed E-state index contributed by atoms with van der Waals surface area (Å²) >= 11 is 5.91. The SMILES string of the molecule is O=C(Nc1cccc(Cl)c1)[C@@H]1CC(=O)N(Cc2ccccc2)C1. The van der Waals surface area contributed by atoms with Crippen LogP contribution in [0.3, 0.4) is 0 Å². The minimum Gasteiger partial charge on any atom is -0.338 e. The molecule has 1 fully saturated rings. The van der Waals surface area contributed by atoms with Crippen molar-refractivity contribution in [2.24, 2.45) is 5.92 Å². The summed E-state index contributed by atoms with van der Waals surface area (Å²) in [5, 5.41) is 3.39. The smallest absolute Gasteiger partial charge is 0.229 e. The van der Waals surface area contributed by atoms with Gasteiger partial charge in [0.2, 0.25) is 11.8 Å². The van der Waals surface area contributed by atoms with Crippen molar-refractivity contribution in [3.8, 4) is 0 Å². The Kier molecular flexibility index (Phi) is 4.63. The van der Waals surface area contributed by atoms with E-state index in [1.54, 1.807) is 29.2 Å². The molecule has 1 aliphatic rings. The summed E-state index contributed by atoms with van der Waals surface area (Å²) in [6.07, 6.45) is 0.249. The summed E-state index contributed by atoms with van der Waals surface area (Å²) in [4.78, 5) is 26.2. The number of likely N-dealkylation sites (tertiary alicyclic amines) is 1. The molecule has 5 heteroatoms. The van der Waals surface area contributed by atoms with Gasteiger partial charge in [0.25, 0.3) is 0 Å². The maximum Gasteiger partial charge on any atom is 0.229 e.